The van der Waals surface area contributed by atoms with Gasteiger partial charge in [-0.15, -0.1) is 0 Å². The van der Waals surface area contributed by atoms with Gasteiger partial charge in [-0.25, -0.2) is 4.79 Å². The molecule has 6 heteroatoms. The van der Waals surface area contributed by atoms with E-state index in [2.05, 4.69) is 5.32 Å². The Morgan fingerprint density at radius 1 is 1.38 bits per heavy atom. The number of likely N-dealkylation sites (tertiary alicyclic amines) is 1. The number of carboxylic acid groups (broad SMARTS) is 1. The van der Waals surface area contributed by atoms with E-state index in [4.69, 9.17) is 4.74 Å². The van der Waals surface area contributed by atoms with Crippen LogP contribution in [0.3, 0.4) is 0 Å². The lowest BCUT2D eigenvalue weighted by atomic mass is 9.95. The number of carbonyl (C=O) groups excluding carboxylic acids is 1. The Labute approximate surface area is 142 Å². The van der Waals surface area contributed by atoms with Crippen LogP contribution in [0.15, 0.2) is 30.3 Å². The van der Waals surface area contributed by atoms with Crippen molar-refractivity contribution in [3.8, 4) is 0 Å². The molecule has 1 heterocycles. The highest BCUT2D eigenvalue weighted by Gasteiger charge is 2.39. The van der Waals surface area contributed by atoms with Gasteiger partial charge < -0.3 is 20.1 Å². The maximum absolute atomic E-state index is 12.4. The standard InChI is InChI=1S/C18H26N2O4/c1-13(16(24-2)15-9-6-12-20(15)18(22)23)17(21)19-11-10-14-7-4-3-5-8-14/h3-5,7-8,13,15-16H,6,9-12H2,1-2H3,(H,19,21)(H,22,23)/t13?,15-,16?/m0/s1. The van der Waals surface area contributed by atoms with Crippen LogP contribution in [0.2, 0.25) is 0 Å². The van der Waals surface area contributed by atoms with Crippen LogP contribution in [0.1, 0.15) is 25.3 Å². The van der Waals surface area contributed by atoms with Gasteiger partial charge in [-0.05, 0) is 24.8 Å². The van der Waals surface area contributed by atoms with Gasteiger partial charge in [0.1, 0.15) is 0 Å². The largest absolute Gasteiger partial charge is 0.465 e. The third-order valence-electron chi connectivity index (χ3n) is 4.66. The quantitative estimate of drug-likeness (QED) is 0.801. The van der Waals surface area contributed by atoms with Crippen molar-refractivity contribution >= 4 is 12.0 Å². The lowest BCUT2D eigenvalue weighted by molar-refractivity contribution is -0.130. The van der Waals surface area contributed by atoms with Crippen molar-refractivity contribution in [1.82, 2.24) is 10.2 Å². The highest BCUT2D eigenvalue weighted by atomic mass is 16.5. The van der Waals surface area contributed by atoms with Crippen molar-refractivity contribution in [2.75, 3.05) is 20.2 Å². The molecule has 3 atom stereocenters. The van der Waals surface area contributed by atoms with Crippen LogP contribution < -0.4 is 5.32 Å². The summed E-state index contributed by atoms with van der Waals surface area (Å²) in [6.45, 7) is 2.85. The third kappa shape index (κ3) is 4.47. The minimum Gasteiger partial charge on any atom is -0.465 e. The van der Waals surface area contributed by atoms with Gasteiger partial charge in [0.05, 0.1) is 18.1 Å². The first kappa shape index (κ1) is 18.3. The molecule has 1 aromatic rings. The van der Waals surface area contributed by atoms with E-state index in [0.717, 1.165) is 19.3 Å². The number of hydrogen-bond donors (Lipinski definition) is 2. The van der Waals surface area contributed by atoms with Crippen LogP contribution in [-0.4, -0.2) is 54.4 Å². The van der Waals surface area contributed by atoms with E-state index in [1.807, 2.05) is 30.3 Å². The number of methoxy groups -OCH3 is 1. The number of carbonyl (C=O) groups is 2. The summed E-state index contributed by atoms with van der Waals surface area (Å²) in [5.74, 6) is -0.509. The molecule has 2 amide bonds. The molecule has 1 aromatic carbocycles. The lowest BCUT2D eigenvalue weighted by Gasteiger charge is -2.32. The van der Waals surface area contributed by atoms with Crippen molar-refractivity contribution < 1.29 is 19.4 Å². The van der Waals surface area contributed by atoms with Crippen molar-refractivity contribution in [2.24, 2.45) is 5.92 Å². The molecule has 1 aliphatic rings. The van der Waals surface area contributed by atoms with Crippen molar-refractivity contribution in [3.05, 3.63) is 35.9 Å². The number of nitrogens with one attached hydrogen (secondary N) is 1. The Hall–Kier alpha value is -2.08. The fraction of sp³-hybridized carbons (Fsp3) is 0.556. The molecule has 1 saturated heterocycles. The van der Waals surface area contributed by atoms with Crippen molar-refractivity contribution in [3.63, 3.8) is 0 Å². The smallest absolute Gasteiger partial charge is 0.407 e. The average molecular weight is 334 g/mol. The van der Waals surface area contributed by atoms with Gasteiger partial charge >= 0.3 is 6.09 Å². The maximum atomic E-state index is 12.4. The van der Waals surface area contributed by atoms with Gasteiger partial charge in [0.25, 0.3) is 0 Å². The van der Waals surface area contributed by atoms with Gasteiger partial charge in [0.15, 0.2) is 0 Å². The molecule has 2 N–H and O–H groups in total. The summed E-state index contributed by atoms with van der Waals surface area (Å²) in [5.41, 5.74) is 1.17. The zero-order valence-electron chi connectivity index (χ0n) is 14.3. The first-order valence-electron chi connectivity index (χ1n) is 8.38. The highest BCUT2D eigenvalue weighted by molar-refractivity contribution is 5.79. The van der Waals surface area contributed by atoms with Gasteiger partial charge in [0.2, 0.25) is 5.91 Å². The molecule has 0 spiro atoms. The predicted molar refractivity (Wildman–Crippen MR) is 90.9 cm³/mol. The van der Waals surface area contributed by atoms with E-state index in [9.17, 15) is 14.7 Å². The molecular weight excluding hydrogens is 308 g/mol. The fourth-order valence-corrected chi connectivity index (χ4v) is 3.35. The maximum Gasteiger partial charge on any atom is 0.407 e. The van der Waals surface area contributed by atoms with Gasteiger partial charge in [-0.3, -0.25) is 4.79 Å². The molecule has 2 rings (SSSR count). The summed E-state index contributed by atoms with van der Waals surface area (Å²) in [7, 11) is 1.54. The van der Waals surface area contributed by atoms with E-state index in [1.54, 1.807) is 6.92 Å². The molecule has 0 saturated carbocycles. The zero-order chi connectivity index (χ0) is 17.5. The van der Waals surface area contributed by atoms with Crippen LogP contribution in [0, 0.1) is 5.92 Å². The Bertz CT molecular complexity index is 549. The number of hydrogen-bond acceptors (Lipinski definition) is 3. The number of ether oxygens (including phenoxy) is 1. The van der Waals surface area contributed by atoms with E-state index in [-0.39, 0.29) is 11.9 Å². The number of rotatable bonds is 7. The van der Waals surface area contributed by atoms with Crippen LogP contribution in [-0.2, 0) is 16.0 Å². The average Bonchev–Trinajstić information content (AvgIpc) is 3.06. The Morgan fingerprint density at radius 3 is 2.71 bits per heavy atom. The summed E-state index contributed by atoms with van der Waals surface area (Å²) in [6, 6.07) is 9.70. The summed E-state index contributed by atoms with van der Waals surface area (Å²) in [5, 5.41) is 12.2. The zero-order valence-corrected chi connectivity index (χ0v) is 14.3. The second-order valence-corrected chi connectivity index (χ2v) is 6.20. The molecule has 1 fully saturated rings. The first-order chi connectivity index (χ1) is 11.5. The normalized spacial score (nSPS) is 19.8. The molecule has 2 unspecified atom stereocenters. The number of benzene rings is 1. The topological polar surface area (TPSA) is 78.9 Å². The molecule has 6 nitrogen and oxygen atoms in total. The summed E-state index contributed by atoms with van der Waals surface area (Å²) < 4.78 is 5.50. The van der Waals surface area contributed by atoms with Crippen molar-refractivity contribution in [2.45, 2.75) is 38.3 Å². The third-order valence-corrected chi connectivity index (χ3v) is 4.66. The lowest BCUT2D eigenvalue weighted by Crippen LogP contribution is -2.49. The minimum atomic E-state index is -0.948. The second-order valence-electron chi connectivity index (χ2n) is 6.20. The Balaban J connectivity index is 1.89. The molecule has 0 aromatic heterocycles. The van der Waals surface area contributed by atoms with Gasteiger partial charge in [-0.2, -0.15) is 0 Å². The first-order valence-corrected chi connectivity index (χ1v) is 8.38. The predicted octanol–water partition coefficient (Wildman–Crippen LogP) is 2.14. The highest BCUT2D eigenvalue weighted by Crippen LogP contribution is 2.26. The summed E-state index contributed by atoms with van der Waals surface area (Å²) in [6.07, 6.45) is 0.921. The molecular formula is C18H26N2O4. The Kier molecular flexibility index (Phi) is 6.61. The number of amides is 2. The van der Waals surface area contributed by atoms with Crippen LogP contribution >= 0.6 is 0 Å². The van der Waals surface area contributed by atoms with Crippen LogP contribution in [0.25, 0.3) is 0 Å². The summed E-state index contributed by atoms with van der Waals surface area (Å²) >= 11 is 0. The van der Waals surface area contributed by atoms with E-state index in [1.165, 1.54) is 17.6 Å². The molecule has 0 radical (unpaired) electrons. The van der Waals surface area contributed by atoms with E-state index >= 15 is 0 Å². The summed E-state index contributed by atoms with van der Waals surface area (Å²) in [4.78, 5) is 25.1. The molecule has 0 bridgehead atoms. The van der Waals surface area contributed by atoms with E-state index in [0.29, 0.717) is 13.1 Å². The Morgan fingerprint density at radius 2 is 2.08 bits per heavy atom. The molecule has 24 heavy (non-hydrogen) atoms. The molecule has 132 valence electrons. The monoisotopic (exact) mass is 334 g/mol. The van der Waals surface area contributed by atoms with Gasteiger partial charge in [-0.1, -0.05) is 37.3 Å². The minimum absolute atomic E-state index is 0.102. The van der Waals surface area contributed by atoms with Crippen LogP contribution in [0.4, 0.5) is 4.79 Å². The van der Waals surface area contributed by atoms with E-state index < -0.39 is 18.1 Å². The van der Waals surface area contributed by atoms with Gasteiger partial charge in [0, 0.05) is 20.2 Å². The fourth-order valence-electron chi connectivity index (χ4n) is 3.35. The molecule has 1 aliphatic heterocycles. The second kappa shape index (κ2) is 8.68. The van der Waals surface area contributed by atoms with Crippen molar-refractivity contribution in [1.29, 1.82) is 0 Å². The molecule has 0 aliphatic carbocycles. The SMILES string of the molecule is COC(C(C)C(=O)NCCc1ccccc1)[C@@H]1CCCN1C(=O)O. The van der Waals surface area contributed by atoms with Crippen LogP contribution in [0.5, 0.6) is 0 Å². The number of nitrogens with zero attached hydrogens (tertiary/aromatic N) is 1.